The smallest absolute Gasteiger partial charge is 0.243 e. The summed E-state index contributed by atoms with van der Waals surface area (Å²) in [5.41, 5.74) is 0. The van der Waals surface area contributed by atoms with Gasteiger partial charge in [0, 0.05) is 11.6 Å². The lowest BCUT2D eigenvalue weighted by Gasteiger charge is -2.22. The minimum absolute atomic E-state index is 0.0805. The molecule has 102 valence electrons. The summed E-state index contributed by atoms with van der Waals surface area (Å²) < 4.78 is 6.11. The number of anilines is 1. The van der Waals surface area contributed by atoms with Gasteiger partial charge < -0.3 is 9.73 Å². The first kappa shape index (κ1) is 14.2. The number of furan rings is 1. The van der Waals surface area contributed by atoms with Crippen LogP contribution in [0.5, 0.6) is 0 Å². The van der Waals surface area contributed by atoms with E-state index in [1.807, 2.05) is 36.4 Å². The van der Waals surface area contributed by atoms with Crippen molar-refractivity contribution in [1.82, 2.24) is 9.88 Å². The second-order valence-electron chi connectivity index (χ2n) is 4.12. The van der Waals surface area contributed by atoms with Gasteiger partial charge in [-0.15, -0.1) is 11.3 Å². The third-order valence-electron chi connectivity index (χ3n) is 2.74. The standard InChI is InChI=1S/C12H14BrN3O2S/c1-8(11(17)15-12-14-5-6-19-12)16(2)7-9-3-4-10(13)18-9/h3-6,8H,7H2,1-2H3,(H,14,15,17). The number of amides is 1. The van der Waals surface area contributed by atoms with Crippen LogP contribution in [0.4, 0.5) is 5.13 Å². The summed E-state index contributed by atoms with van der Waals surface area (Å²) in [5, 5.41) is 5.22. The molecule has 1 amide bonds. The Hall–Kier alpha value is -1.18. The number of aromatic nitrogens is 1. The van der Waals surface area contributed by atoms with Crippen LogP contribution in [0.15, 0.2) is 32.8 Å². The van der Waals surface area contributed by atoms with Crippen molar-refractivity contribution in [3.05, 3.63) is 34.1 Å². The molecule has 2 rings (SSSR count). The van der Waals surface area contributed by atoms with Crippen molar-refractivity contribution in [3.63, 3.8) is 0 Å². The van der Waals surface area contributed by atoms with Gasteiger partial charge in [-0.1, -0.05) is 0 Å². The van der Waals surface area contributed by atoms with Crippen molar-refractivity contribution < 1.29 is 9.21 Å². The van der Waals surface area contributed by atoms with Gasteiger partial charge in [-0.05, 0) is 42.0 Å². The molecule has 0 saturated carbocycles. The third-order valence-corrected chi connectivity index (χ3v) is 3.85. The minimum Gasteiger partial charge on any atom is -0.453 e. The van der Waals surface area contributed by atoms with Crippen LogP contribution in [0.2, 0.25) is 0 Å². The molecule has 0 fully saturated rings. The summed E-state index contributed by atoms with van der Waals surface area (Å²) in [6, 6.07) is 3.45. The summed E-state index contributed by atoms with van der Waals surface area (Å²) in [6.07, 6.45) is 1.66. The highest BCUT2D eigenvalue weighted by Crippen LogP contribution is 2.17. The Morgan fingerprint density at radius 3 is 3.00 bits per heavy atom. The number of nitrogens with one attached hydrogen (secondary N) is 1. The van der Waals surface area contributed by atoms with Crippen molar-refractivity contribution in [2.45, 2.75) is 19.5 Å². The minimum atomic E-state index is -0.271. The number of nitrogens with zero attached hydrogens (tertiary/aromatic N) is 2. The summed E-state index contributed by atoms with van der Waals surface area (Å²) in [7, 11) is 1.88. The molecule has 0 aliphatic rings. The molecule has 7 heteroatoms. The molecular weight excluding hydrogens is 330 g/mol. The number of likely N-dealkylation sites (N-methyl/N-ethyl adjacent to an activating group) is 1. The first-order valence-electron chi connectivity index (χ1n) is 5.71. The summed E-state index contributed by atoms with van der Waals surface area (Å²) in [4.78, 5) is 18.0. The number of halogens is 1. The molecule has 0 bridgehead atoms. The topological polar surface area (TPSA) is 58.4 Å². The predicted molar refractivity (Wildman–Crippen MR) is 78.1 cm³/mol. The lowest BCUT2D eigenvalue weighted by molar-refractivity contribution is -0.120. The second kappa shape index (κ2) is 6.31. The van der Waals surface area contributed by atoms with E-state index in [9.17, 15) is 4.79 Å². The maximum absolute atomic E-state index is 12.0. The number of carbonyl (C=O) groups excluding carboxylic acids is 1. The van der Waals surface area contributed by atoms with Gasteiger partial charge in [0.2, 0.25) is 5.91 Å². The van der Waals surface area contributed by atoms with Crippen LogP contribution in [0.1, 0.15) is 12.7 Å². The fraction of sp³-hybridized carbons (Fsp3) is 0.333. The fourth-order valence-corrected chi connectivity index (χ4v) is 2.39. The molecule has 0 aliphatic carbocycles. The Labute approximate surface area is 123 Å². The Bertz CT molecular complexity index is 541. The van der Waals surface area contributed by atoms with E-state index in [-0.39, 0.29) is 11.9 Å². The maximum atomic E-state index is 12.0. The lowest BCUT2D eigenvalue weighted by atomic mass is 10.2. The van der Waals surface area contributed by atoms with E-state index >= 15 is 0 Å². The molecule has 2 aromatic heterocycles. The number of hydrogen-bond acceptors (Lipinski definition) is 5. The zero-order valence-corrected chi connectivity index (χ0v) is 13.0. The normalized spacial score (nSPS) is 12.6. The molecular formula is C12H14BrN3O2S. The quantitative estimate of drug-likeness (QED) is 0.906. The molecule has 0 radical (unpaired) electrons. The first-order chi connectivity index (χ1) is 9.06. The van der Waals surface area contributed by atoms with Gasteiger partial charge >= 0.3 is 0 Å². The van der Waals surface area contributed by atoms with Crippen molar-refractivity contribution in [2.24, 2.45) is 0 Å². The molecule has 2 heterocycles. The predicted octanol–water partition coefficient (Wildman–Crippen LogP) is 2.96. The highest BCUT2D eigenvalue weighted by Gasteiger charge is 2.19. The zero-order valence-electron chi connectivity index (χ0n) is 10.6. The van der Waals surface area contributed by atoms with Gasteiger partial charge in [0.1, 0.15) is 5.76 Å². The second-order valence-corrected chi connectivity index (χ2v) is 5.80. The Morgan fingerprint density at radius 2 is 2.42 bits per heavy atom. The summed E-state index contributed by atoms with van der Waals surface area (Å²) in [6.45, 7) is 2.42. The molecule has 1 atom stereocenters. The Kier molecular flexibility index (Phi) is 4.73. The highest BCUT2D eigenvalue weighted by atomic mass is 79.9. The van der Waals surface area contributed by atoms with Crippen molar-refractivity contribution in [3.8, 4) is 0 Å². The molecule has 19 heavy (non-hydrogen) atoms. The third kappa shape index (κ3) is 3.89. The Balaban J connectivity index is 1.91. The number of rotatable bonds is 5. The first-order valence-corrected chi connectivity index (χ1v) is 7.38. The fourth-order valence-electron chi connectivity index (χ4n) is 1.51. The van der Waals surface area contributed by atoms with Gasteiger partial charge in [-0.25, -0.2) is 4.98 Å². The lowest BCUT2D eigenvalue weighted by Crippen LogP contribution is -2.39. The number of thiazole rings is 1. The van der Waals surface area contributed by atoms with Crippen LogP contribution >= 0.6 is 27.3 Å². The number of carbonyl (C=O) groups is 1. The van der Waals surface area contributed by atoms with Gasteiger partial charge in [0.25, 0.3) is 0 Å². The average molecular weight is 344 g/mol. The maximum Gasteiger partial charge on any atom is 0.243 e. The average Bonchev–Trinajstić information content (AvgIpc) is 3.00. The van der Waals surface area contributed by atoms with Crippen molar-refractivity contribution in [1.29, 1.82) is 0 Å². The van der Waals surface area contributed by atoms with E-state index in [0.29, 0.717) is 16.3 Å². The van der Waals surface area contributed by atoms with E-state index in [1.54, 1.807) is 6.20 Å². The molecule has 2 aromatic rings. The van der Waals surface area contributed by atoms with E-state index in [4.69, 9.17) is 4.42 Å². The van der Waals surface area contributed by atoms with Crippen LogP contribution in [0.3, 0.4) is 0 Å². The van der Waals surface area contributed by atoms with Crippen LogP contribution in [-0.4, -0.2) is 28.9 Å². The van der Waals surface area contributed by atoms with Gasteiger partial charge in [0.05, 0.1) is 12.6 Å². The van der Waals surface area contributed by atoms with Crippen molar-refractivity contribution in [2.75, 3.05) is 12.4 Å². The largest absolute Gasteiger partial charge is 0.453 e. The van der Waals surface area contributed by atoms with E-state index < -0.39 is 0 Å². The Morgan fingerprint density at radius 1 is 1.63 bits per heavy atom. The van der Waals surface area contributed by atoms with E-state index in [1.165, 1.54) is 11.3 Å². The summed E-state index contributed by atoms with van der Waals surface area (Å²) in [5.74, 6) is 0.728. The van der Waals surface area contributed by atoms with Crippen LogP contribution in [0.25, 0.3) is 0 Å². The highest BCUT2D eigenvalue weighted by molar-refractivity contribution is 9.10. The number of hydrogen-bond donors (Lipinski definition) is 1. The zero-order chi connectivity index (χ0) is 13.8. The van der Waals surface area contributed by atoms with E-state index in [2.05, 4.69) is 26.2 Å². The molecule has 0 saturated heterocycles. The molecule has 0 aromatic carbocycles. The molecule has 0 spiro atoms. The van der Waals surface area contributed by atoms with Gasteiger partial charge in [-0.3, -0.25) is 9.69 Å². The van der Waals surface area contributed by atoms with Crippen molar-refractivity contribution >= 4 is 38.3 Å². The van der Waals surface area contributed by atoms with Crippen LogP contribution in [0, 0.1) is 0 Å². The monoisotopic (exact) mass is 343 g/mol. The molecule has 1 unspecified atom stereocenters. The van der Waals surface area contributed by atoms with Crippen LogP contribution < -0.4 is 5.32 Å². The summed E-state index contributed by atoms with van der Waals surface area (Å²) >= 11 is 4.66. The van der Waals surface area contributed by atoms with Gasteiger partial charge in [-0.2, -0.15) is 0 Å². The molecule has 0 aliphatic heterocycles. The molecule has 5 nitrogen and oxygen atoms in total. The SMILES string of the molecule is CC(C(=O)Nc1nccs1)N(C)Cc1ccc(Br)o1. The van der Waals surface area contributed by atoms with Gasteiger partial charge in [0.15, 0.2) is 9.80 Å². The van der Waals surface area contributed by atoms with E-state index in [0.717, 1.165) is 5.76 Å². The van der Waals surface area contributed by atoms with Crippen LogP contribution in [-0.2, 0) is 11.3 Å². The molecule has 1 N–H and O–H groups in total.